The van der Waals surface area contributed by atoms with E-state index in [-0.39, 0.29) is 52.3 Å². The van der Waals surface area contributed by atoms with Gasteiger partial charge in [-0.3, -0.25) is 0 Å². The number of hydrogen-bond acceptors (Lipinski definition) is 6. The molecule has 0 heterocycles. The van der Waals surface area contributed by atoms with Gasteiger partial charge in [-0.15, -0.1) is 0 Å². The van der Waals surface area contributed by atoms with Crippen molar-refractivity contribution in [1.82, 2.24) is 4.72 Å². The van der Waals surface area contributed by atoms with E-state index in [4.69, 9.17) is 4.74 Å². The van der Waals surface area contributed by atoms with Crippen molar-refractivity contribution in [3.8, 4) is 0 Å². The standard InChI is InChI=1S/C35H49NO6S/c1-5-24-29-19-23(37)15-17-35(29,4)28-16-18-34(3)26(13-14-27(34)31(28)32(24)38)21(2)20-42-33(39)36-43(40,41)30-12-8-10-22-9-6-7-11-25(22)30/h6-12,21,23-24,26-29,31-32,37-38H,5,13-20H2,1-4H3,(H,36,39)/t21-,23-,24-,26-,27+,28+,29+,31+,32-,34-,35-/m1/s1. The molecule has 4 aliphatic rings. The van der Waals surface area contributed by atoms with Crippen molar-refractivity contribution in [1.29, 1.82) is 0 Å². The van der Waals surface area contributed by atoms with Gasteiger partial charge in [-0.05, 0) is 109 Å². The van der Waals surface area contributed by atoms with E-state index in [1.807, 2.05) is 18.2 Å². The van der Waals surface area contributed by atoms with E-state index in [9.17, 15) is 23.4 Å². The van der Waals surface area contributed by atoms with E-state index in [0.29, 0.717) is 29.1 Å². The summed E-state index contributed by atoms with van der Waals surface area (Å²) in [5.74, 6) is 2.11. The fourth-order valence-corrected chi connectivity index (χ4v) is 12.0. The lowest BCUT2D eigenvalue weighted by Crippen LogP contribution is -2.62. The number of carbonyl (C=O) groups excluding carboxylic acids is 1. The Hall–Kier alpha value is -2.16. The van der Waals surface area contributed by atoms with Crippen LogP contribution < -0.4 is 4.72 Å². The number of carbonyl (C=O) groups is 1. The highest BCUT2D eigenvalue weighted by Gasteiger charge is 2.64. The van der Waals surface area contributed by atoms with Crippen molar-refractivity contribution >= 4 is 26.9 Å². The van der Waals surface area contributed by atoms with E-state index in [2.05, 4.69) is 32.4 Å². The van der Waals surface area contributed by atoms with Crippen LogP contribution in [0.15, 0.2) is 47.4 Å². The minimum atomic E-state index is -4.10. The predicted octanol–water partition coefficient (Wildman–Crippen LogP) is 6.52. The first-order valence-electron chi connectivity index (χ1n) is 16.4. The number of ether oxygens (including phenoxy) is 1. The number of rotatable bonds is 6. The minimum Gasteiger partial charge on any atom is -0.449 e. The van der Waals surface area contributed by atoms with Gasteiger partial charge >= 0.3 is 6.09 Å². The number of fused-ring (bicyclic) bond motifs is 6. The maximum atomic E-state index is 13.1. The smallest absolute Gasteiger partial charge is 0.421 e. The van der Waals surface area contributed by atoms with Crippen LogP contribution in [0.5, 0.6) is 0 Å². The second-order valence-electron chi connectivity index (χ2n) is 14.8. The van der Waals surface area contributed by atoms with Crippen molar-refractivity contribution in [3.63, 3.8) is 0 Å². The molecule has 0 aromatic heterocycles. The molecule has 0 unspecified atom stereocenters. The molecule has 0 saturated heterocycles. The van der Waals surface area contributed by atoms with Gasteiger partial charge in [0.25, 0.3) is 10.0 Å². The molecule has 3 N–H and O–H groups in total. The lowest BCUT2D eigenvalue weighted by Gasteiger charge is -2.64. The maximum absolute atomic E-state index is 13.1. The van der Waals surface area contributed by atoms with E-state index in [1.165, 1.54) is 6.07 Å². The van der Waals surface area contributed by atoms with Crippen molar-refractivity contribution in [2.75, 3.05) is 6.61 Å². The van der Waals surface area contributed by atoms with Crippen molar-refractivity contribution in [2.24, 2.45) is 52.3 Å². The van der Waals surface area contributed by atoms with E-state index in [1.54, 1.807) is 18.2 Å². The van der Waals surface area contributed by atoms with Gasteiger partial charge in [0, 0.05) is 5.39 Å². The summed E-state index contributed by atoms with van der Waals surface area (Å²) >= 11 is 0. The Kier molecular flexibility index (Phi) is 8.13. The number of sulfonamides is 1. The fourth-order valence-electron chi connectivity index (χ4n) is 10.9. The zero-order chi connectivity index (χ0) is 30.7. The number of hydrogen-bond donors (Lipinski definition) is 3. The summed E-state index contributed by atoms with van der Waals surface area (Å²) < 4.78 is 33.9. The van der Waals surface area contributed by atoms with Gasteiger partial charge in [0.1, 0.15) is 0 Å². The zero-order valence-corrected chi connectivity index (χ0v) is 26.9. The molecule has 2 aromatic rings. The molecule has 7 nitrogen and oxygen atoms in total. The second kappa shape index (κ2) is 11.3. The number of nitrogens with one attached hydrogen (secondary N) is 1. The predicted molar refractivity (Wildman–Crippen MR) is 167 cm³/mol. The zero-order valence-electron chi connectivity index (χ0n) is 26.0. The number of benzene rings is 2. The molecule has 43 heavy (non-hydrogen) atoms. The average Bonchev–Trinajstić information content (AvgIpc) is 3.33. The Bertz CT molecular complexity index is 1460. The van der Waals surface area contributed by atoms with Crippen LogP contribution in [0.1, 0.15) is 79.1 Å². The van der Waals surface area contributed by atoms with Gasteiger partial charge in [-0.1, -0.05) is 70.5 Å². The van der Waals surface area contributed by atoms with E-state index >= 15 is 0 Å². The molecule has 0 bridgehead atoms. The van der Waals surface area contributed by atoms with Crippen LogP contribution in [0.3, 0.4) is 0 Å². The second-order valence-corrected chi connectivity index (χ2v) is 16.4. The Labute approximate surface area is 256 Å². The van der Waals surface area contributed by atoms with Gasteiger partial charge in [0.2, 0.25) is 0 Å². The first kappa shape index (κ1) is 30.8. The van der Waals surface area contributed by atoms with E-state index < -0.39 is 16.1 Å². The summed E-state index contributed by atoms with van der Waals surface area (Å²) in [6.45, 7) is 9.30. The van der Waals surface area contributed by atoms with Crippen LogP contribution in [0, 0.1) is 52.3 Å². The average molecular weight is 612 g/mol. The summed E-state index contributed by atoms with van der Waals surface area (Å²) in [6, 6.07) is 12.2. The van der Waals surface area contributed by atoms with Crippen LogP contribution >= 0.6 is 0 Å². The number of aliphatic hydroxyl groups excluding tert-OH is 2. The third-order valence-electron chi connectivity index (χ3n) is 12.9. The Morgan fingerprint density at radius 2 is 1.67 bits per heavy atom. The molecule has 4 fully saturated rings. The maximum Gasteiger partial charge on any atom is 0.421 e. The molecule has 1 amide bonds. The lowest BCUT2D eigenvalue weighted by molar-refractivity contribution is -0.203. The highest BCUT2D eigenvalue weighted by atomic mass is 32.2. The summed E-state index contributed by atoms with van der Waals surface area (Å²) in [5.41, 5.74) is 0.192. The molecule has 6 rings (SSSR count). The van der Waals surface area contributed by atoms with Gasteiger partial charge in [0.05, 0.1) is 23.7 Å². The van der Waals surface area contributed by atoms with E-state index in [0.717, 1.165) is 56.8 Å². The van der Waals surface area contributed by atoms with Crippen LogP contribution in [-0.2, 0) is 14.8 Å². The highest BCUT2D eigenvalue weighted by Crippen LogP contribution is 2.69. The van der Waals surface area contributed by atoms with Crippen molar-refractivity contribution in [3.05, 3.63) is 42.5 Å². The summed E-state index contributed by atoms with van der Waals surface area (Å²) in [4.78, 5) is 12.8. The van der Waals surface area contributed by atoms with Crippen LogP contribution in [-0.4, -0.2) is 43.5 Å². The van der Waals surface area contributed by atoms with Gasteiger partial charge in [0.15, 0.2) is 0 Å². The van der Waals surface area contributed by atoms with Crippen molar-refractivity contribution in [2.45, 2.75) is 96.2 Å². The number of aliphatic hydroxyl groups is 2. The molecule has 2 aromatic carbocycles. The monoisotopic (exact) mass is 611 g/mol. The van der Waals surface area contributed by atoms with Gasteiger partial charge in [-0.2, -0.15) is 0 Å². The first-order valence-corrected chi connectivity index (χ1v) is 17.9. The lowest BCUT2D eigenvalue weighted by atomic mass is 9.41. The van der Waals surface area contributed by atoms with Gasteiger partial charge in [-0.25, -0.2) is 17.9 Å². The Balaban J connectivity index is 1.14. The normalized spacial score (nSPS) is 39.8. The molecule has 4 aliphatic carbocycles. The quantitative estimate of drug-likeness (QED) is 0.343. The molecule has 0 aliphatic heterocycles. The summed E-state index contributed by atoms with van der Waals surface area (Å²) in [5, 5.41) is 23.8. The molecule has 8 heteroatoms. The fraction of sp³-hybridized carbons (Fsp3) is 0.686. The Morgan fingerprint density at radius 3 is 2.44 bits per heavy atom. The molecule has 11 atom stereocenters. The topological polar surface area (TPSA) is 113 Å². The third kappa shape index (κ3) is 5.09. The molecule has 0 spiro atoms. The molecule has 236 valence electrons. The Morgan fingerprint density at radius 1 is 0.977 bits per heavy atom. The summed E-state index contributed by atoms with van der Waals surface area (Å²) in [6.07, 6.45) is 6.35. The molecule has 0 radical (unpaired) electrons. The summed E-state index contributed by atoms with van der Waals surface area (Å²) in [7, 11) is -4.10. The highest BCUT2D eigenvalue weighted by molar-refractivity contribution is 7.90. The largest absolute Gasteiger partial charge is 0.449 e. The molecule has 4 saturated carbocycles. The van der Waals surface area contributed by atoms with Crippen LogP contribution in [0.2, 0.25) is 0 Å². The number of amides is 1. The third-order valence-corrected chi connectivity index (χ3v) is 14.3. The SMILES string of the molecule is CC[C@H]1[C@@H](O)[C@@H]2[C@H](CC[C@]3(C)[C@@H]([C@H](C)COC(=O)NS(=O)(=O)c4cccc5ccccc45)CC[C@@H]23)[C@@]2(C)CC[C@@H](O)C[C@@H]12. The van der Waals surface area contributed by atoms with Crippen molar-refractivity contribution < 1.29 is 28.2 Å². The van der Waals surface area contributed by atoms with Crippen LogP contribution in [0.4, 0.5) is 4.79 Å². The van der Waals surface area contributed by atoms with Crippen LogP contribution in [0.25, 0.3) is 10.8 Å². The van der Waals surface area contributed by atoms with Gasteiger partial charge < -0.3 is 14.9 Å². The molecular weight excluding hydrogens is 562 g/mol. The minimum absolute atomic E-state index is 0.0338. The first-order chi connectivity index (χ1) is 20.4. The molecular formula is C35H49NO6S.